The van der Waals surface area contributed by atoms with Crippen molar-refractivity contribution in [3.05, 3.63) is 65.2 Å². The van der Waals surface area contributed by atoms with Gasteiger partial charge >= 0.3 is 0 Å². The van der Waals surface area contributed by atoms with Crippen molar-refractivity contribution >= 4 is 41.5 Å². The third kappa shape index (κ3) is 6.98. The number of carbonyl (C=O) groups excluding carboxylic acids is 1. The maximum absolute atomic E-state index is 13.6. The van der Waals surface area contributed by atoms with Gasteiger partial charge in [-0.05, 0) is 36.8 Å². The molecule has 0 atom stereocenters. The molecule has 152 valence electrons. The summed E-state index contributed by atoms with van der Waals surface area (Å²) >= 11 is 0. The molecule has 0 saturated carbocycles. The van der Waals surface area contributed by atoms with Crippen molar-refractivity contribution < 1.29 is 22.4 Å². The molecule has 0 aliphatic rings. The van der Waals surface area contributed by atoms with Crippen LogP contribution in [0.5, 0.6) is 0 Å². The lowest BCUT2D eigenvalue weighted by Gasteiger charge is -2.12. The molecule has 1 amide bonds. The van der Waals surface area contributed by atoms with E-state index >= 15 is 0 Å². The first-order valence-electron chi connectivity index (χ1n) is 8.10. The highest BCUT2D eigenvalue weighted by Crippen LogP contribution is 2.19. The molecule has 0 unspecified atom stereocenters. The summed E-state index contributed by atoms with van der Waals surface area (Å²) in [7, 11) is 0. The van der Waals surface area contributed by atoms with Gasteiger partial charge in [0, 0.05) is 6.54 Å². The zero-order valence-corrected chi connectivity index (χ0v) is 17.2. The van der Waals surface area contributed by atoms with E-state index in [1.165, 1.54) is 12.1 Å². The Hall–Kier alpha value is -2.37. The van der Waals surface area contributed by atoms with Crippen LogP contribution < -0.4 is 16.0 Å². The van der Waals surface area contributed by atoms with Gasteiger partial charge in [0.1, 0.15) is 5.82 Å². The van der Waals surface area contributed by atoms with E-state index in [1.54, 1.807) is 12.1 Å². The van der Waals surface area contributed by atoms with E-state index < -0.39 is 29.0 Å². The van der Waals surface area contributed by atoms with Crippen LogP contribution in [0.15, 0.2) is 41.4 Å². The fourth-order valence-electron chi connectivity index (χ4n) is 2.08. The number of halogens is 5. The summed E-state index contributed by atoms with van der Waals surface area (Å²) in [6.45, 7) is 2.31. The largest absolute Gasteiger partial charge is 0.357 e. The van der Waals surface area contributed by atoms with Crippen molar-refractivity contribution in [1.82, 2.24) is 10.6 Å². The van der Waals surface area contributed by atoms with E-state index in [2.05, 4.69) is 20.9 Å². The minimum absolute atomic E-state index is 0. The predicted octanol–water partition coefficient (Wildman–Crippen LogP) is 3.55. The maximum atomic E-state index is 13.6. The molecule has 0 bridgehead atoms. The lowest BCUT2D eigenvalue weighted by molar-refractivity contribution is -0.115. The van der Waals surface area contributed by atoms with Gasteiger partial charge < -0.3 is 16.0 Å². The Kier molecular flexibility index (Phi) is 9.69. The van der Waals surface area contributed by atoms with Gasteiger partial charge in [-0.2, -0.15) is 0 Å². The topological polar surface area (TPSA) is 65.5 Å². The highest BCUT2D eigenvalue weighted by atomic mass is 127. The summed E-state index contributed by atoms with van der Waals surface area (Å²) in [6, 6.07) is 7.45. The second kappa shape index (κ2) is 11.5. The summed E-state index contributed by atoms with van der Waals surface area (Å²) in [4.78, 5) is 16.1. The third-order valence-corrected chi connectivity index (χ3v) is 3.40. The van der Waals surface area contributed by atoms with Crippen molar-refractivity contribution in [2.24, 2.45) is 4.99 Å². The average molecular weight is 510 g/mol. The SMILES string of the molecule is CCNC(=NCc1ccc(F)cc1)NCC(=O)Nc1ccc(F)c(F)c1F.I. The van der Waals surface area contributed by atoms with E-state index in [0.29, 0.717) is 12.5 Å². The van der Waals surface area contributed by atoms with Crippen LogP contribution in [0, 0.1) is 23.3 Å². The quantitative estimate of drug-likeness (QED) is 0.183. The van der Waals surface area contributed by atoms with Crippen molar-refractivity contribution in [3.63, 3.8) is 0 Å². The van der Waals surface area contributed by atoms with Crippen LogP contribution in [0.1, 0.15) is 12.5 Å². The zero-order valence-electron chi connectivity index (χ0n) is 14.9. The first-order valence-corrected chi connectivity index (χ1v) is 8.10. The molecular weight excluding hydrogens is 491 g/mol. The van der Waals surface area contributed by atoms with Gasteiger partial charge in [0.15, 0.2) is 23.4 Å². The smallest absolute Gasteiger partial charge is 0.243 e. The van der Waals surface area contributed by atoms with Crippen LogP contribution in [0.25, 0.3) is 0 Å². The van der Waals surface area contributed by atoms with E-state index in [-0.39, 0.29) is 42.9 Å². The number of benzene rings is 2. The van der Waals surface area contributed by atoms with Crippen LogP contribution in [0.2, 0.25) is 0 Å². The van der Waals surface area contributed by atoms with Crippen molar-refractivity contribution in [1.29, 1.82) is 0 Å². The summed E-state index contributed by atoms with van der Waals surface area (Å²) in [5.74, 6) is -5.19. The number of anilines is 1. The first-order chi connectivity index (χ1) is 12.9. The molecule has 0 heterocycles. The fourth-order valence-corrected chi connectivity index (χ4v) is 2.08. The Morgan fingerprint density at radius 3 is 2.29 bits per heavy atom. The van der Waals surface area contributed by atoms with Crippen molar-refractivity contribution in [2.45, 2.75) is 13.5 Å². The molecule has 2 aromatic rings. The maximum Gasteiger partial charge on any atom is 0.243 e. The normalized spacial score (nSPS) is 10.8. The van der Waals surface area contributed by atoms with Gasteiger partial charge in [0.25, 0.3) is 0 Å². The predicted molar refractivity (Wildman–Crippen MR) is 110 cm³/mol. The first kappa shape index (κ1) is 23.7. The molecule has 0 aliphatic carbocycles. The van der Waals surface area contributed by atoms with E-state index in [0.717, 1.165) is 17.7 Å². The lowest BCUT2D eigenvalue weighted by atomic mass is 10.2. The molecule has 0 saturated heterocycles. The fraction of sp³-hybridized carbons (Fsp3) is 0.222. The molecule has 3 N–H and O–H groups in total. The number of hydrogen-bond acceptors (Lipinski definition) is 2. The minimum atomic E-state index is -1.66. The molecule has 0 spiro atoms. The van der Waals surface area contributed by atoms with E-state index in [4.69, 9.17) is 0 Å². The minimum Gasteiger partial charge on any atom is -0.357 e. The Morgan fingerprint density at radius 1 is 0.964 bits per heavy atom. The van der Waals surface area contributed by atoms with Gasteiger partial charge in [-0.3, -0.25) is 4.79 Å². The molecular formula is C18H19F4IN4O. The molecule has 2 aromatic carbocycles. The van der Waals surface area contributed by atoms with Crippen LogP contribution in [0.3, 0.4) is 0 Å². The summed E-state index contributed by atoms with van der Waals surface area (Å²) in [5, 5.41) is 7.79. The molecule has 2 rings (SSSR count). The van der Waals surface area contributed by atoms with Gasteiger partial charge in [0.05, 0.1) is 18.8 Å². The number of hydrogen-bond donors (Lipinski definition) is 3. The van der Waals surface area contributed by atoms with Crippen LogP contribution >= 0.6 is 24.0 Å². The highest BCUT2D eigenvalue weighted by molar-refractivity contribution is 14.0. The van der Waals surface area contributed by atoms with Crippen molar-refractivity contribution in [2.75, 3.05) is 18.4 Å². The second-order valence-electron chi connectivity index (χ2n) is 5.45. The molecule has 0 aliphatic heterocycles. The molecule has 0 aromatic heterocycles. The lowest BCUT2D eigenvalue weighted by Crippen LogP contribution is -2.41. The molecule has 5 nitrogen and oxygen atoms in total. The molecule has 0 fully saturated rings. The van der Waals surface area contributed by atoms with Gasteiger partial charge in [-0.25, -0.2) is 22.6 Å². The highest BCUT2D eigenvalue weighted by Gasteiger charge is 2.15. The summed E-state index contributed by atoms with van der Waals surface area (Å²) in [6.07, 6.45) is 0. The van der Waals surface area contributed by atoms with Gasteiger partial charge in [-0.1, -0.05) is 12.1 Å². The number of nitrogens with one attached hydrogen (secondary N) is 3. The van der Waals surface area contributed by atoms with Crippen LogP contribution in [-0.2, 0) is 11.3 Å². The zero-order chi connectivity index (χ0) is 19.8. The average Bonchev–Trinajstić information content (AvgIpc) is 2.66. The molecule has 10 heteroatoms. The number of nitrogens with zero attached hydrogens (tertiary/aromatic N) is 1. The van der Waals surface area contributed by atoms with Gasteiger partial charge in [0.2, 0.25) is 5.91 Å². The Labute approximate surface area is 176 Å². The van der Waals surface area contributed by atoms with Crippen LogP contribution in [-0.4, -0.2) is 25.0 Å². The number of amides is 1. The summed E-state index contributed by atoms with van der Waals surface area (Å²) in [5.41, 5.74) is 0.302. The molecule has 0 radical (unpaired) electrons. The number of rotatable bonds is 6. The third-order valence-electron chi connectivity index (χ3n) is 3.40. The van der Waals surface area contributed by atoms with E-state index in [1.807, 2.05) is 6.92 Å². The number of guanidine groups is 1. The monoisotopic (exact) mass is 510 g/mol. The van der Waals surface area contributed by atoms with Gasteiger partial charge in [-0.15, -0.1) is 24.0 Å². The van der Waals surface area contributed by atoms with E-state index in [9.17, 15) is 22.4 Å². The Bertz CT molecular complexity index is 831. The number of aliphatic imine (C=N–C) groups is 1. The summed E-state index contributed by atoms with van der Waals surface area (Å²) < 4.78 is 52.5. The Balaban J connectivity index is 0.00000392. The Morgan fingerprint density at radius 2 is 1.64 bits per heavy atom. The number of carbonyl (C=O) groups is 1. The second-order valence-corrected chi connectivity index (χ2v) is 5.45. The standard InChI is InChI=1S/C18H18F4N4O.HI/c1-2-23-18(24-9-11-3-5-12(19)6-4-11)25-10-15(27)26-14-8-7-13(20)16(21)17(14)22;/h3-8H,2,9-10H2,1H3,(H,26,27)(H2,23,24,25);1H. The van der Waals surface area contributed by atoms with Crippen LogP contribution in [0.4, 0.5) is 23.2 Å². The van der Waals surface area contributed by atoms with Crippen molar-refractivity contribution in [3.8, 4) is 0 Å². The molecule has 28 heavy (non-hydrogen) atoms.